The Morgan fingerprint density at radius 2 is 1.74 bits per heavy atom. The number of nitrogens with one attached hydrogen (secondary N) is 1. The summed E-state index contributed by atoms with van der Waals surface area (Å²) in [4.78, 5) is 47.2. The van der Waals surface area contributed by atoms with Crippen LogP contribution in [0.4, 0.5) is 0 Å². The van der Waals surface area contributed by atoms with Gasteiger partial charge in [-0.2, -0.15) is 0 Å². The second-order valence-corrected chi connectivity index (χ2v) is 8.58. The van der Waals surface area contributed by atoms with Crippen LogP contribution < -0.4 is 5.32 Å². The molecule has 1 amide bonds. The molecule has 35 heavy (non-hydrogen) atoms. The van der Waals surface area contributed by atoms with Gasteiger partial charge in [0, 0.05) is 34.1 Å². The summed E-state index contributed by atoms with van der Waals surface area (Å²) in [5.41, 5.74) is 0.925. The average Bonchev–Trinajstić information content (AvgIpc) is 3.09. The minimum absolute atomic E-state index is 0.0184. The Morgan fingerprint density at radius 1 is 1.03 bits per heavy atom. The Labute approximate surface area is 203 Å². The zero-order valence-corrected chi connectivity index (χ0v) is 20.2. The van der Waals surface area contributed by atoms with Crippen LogP contribution >= 0.6 is 0 Å². The third-order valence-electron chi connectivity index (χ3n) is 5.55. The molecular weight excluding hydrogens is 462 g/mol. The summed E-state index contributed by atoms with van der Waals surface area (Å²) in [7, 11) is 0. The molecule has 2 aliphatic heterocycles. The van der Waals surface area contributed by atoms with Gasteiger partial charge < -0.3 is 33.7 Å². The summed E-state index contributed by atoms with van der Waals surface area (Å²) >= 11 is 0. The van der Waals surface area contributed by atoms with Gasteiger partial charge in [-0.3, -0.25) is 19.2 Å². The number of amides is 1. The lowest BCUT2D eigenvalue weighted by atomic mass is 9.91. The van der Waals surface area contributed by atoms with Gasteiger partial charge in [-0.25, -0.2) is 0 Å². The van der Waals surface area contributed by atoms with Crippen LogP contribution in [0.3, 0.4) is 0 Å². The van der Waals surface area contributed by atoms with Gasteiger partial charge in [0.25, 0.3) is 0 Å². The van der Waals surface area contributed by atoms with Crippen molar-refractivity contribution in [2.24, 2.45) is 0 Å². The molecule has 11 heteroatoms. The smallest absolute Gasteiger partial charge is 0.303 e. The van der Waals surface area contributed by atoms with E-state index in [0.29, 0.717) is 0 Å². The third kappa shape index (κ3) is 7.23. The van der Waals surface area contributed by atoms with Crippen LogP contribution in [0.2, 0.25) is 0 Å². The first-order chi connectivity index (χ1) is 16.6. The van der Waals surface area contributed by atoms with Crippen molar-refractivity contribution < 1.29 is 47.6 Å². The second kappa shape index (κ2) is 11.6. The van der Waals surface area contributed by atoms with Crippen molar-refractivity contribution in [3.8, 4) is 0 Å². The van der Waals surface area contributed by atoms with Crippen molar-refractivity contribution in [2.45, 2.75) is 77.0 Å². The van der Waals surface area contributed by atoms with Gasteiger partial charge in [0.15, 0.2) is 6.10 Å². The van der Waals surface area contributed by atoms with E-state index in [1.165, 1.54) is 27.7 Å². The SMILES string of the molecule is CC(=O)N[C@H]1[C@H]2O[C@@](COC(C)=O)(C[C@@H]1OC(C)=O)O[C@@H]2[C@@H](COCc1ccccc1)OC(C)=O. The molecule has 2 fully saturated rings. The Hall–Kier alpha value is -3.02. The lowest BCUT2D eigenvalue weighted by Crippen LogP contribution is -2.61. The van der Waals surface area contributed by atoms with Crippen molar-refractivity contribution in [1.29, 1.82) is 0 Å². The number of carbonyl (C=O) groups excluding carboxylic acids is 4. The molecule has 0 spiro atoms. The monoisotopic (exact) mass is 493 g/mol. The number of fused-ring (bicyclic) bond motifs is 2. The molecule has 1 aromatic carbocycles. The predicted molar refractivity (Wildman–Crippen MR) is 119 cm³/mol. The summed E-state index contributed by atoms with van der Waals surface area (Å²) in [6.07, 6.45) is -3.58. The molecule has 1 N–H and O–H groups in total. The molecule has 6 atom stereocenters. The maximum absolute atomic E-state index is 12.0. The standard InChI is InChI=1S/C24H31NO10/c1-14(26)25-21-19(32-16(3)28)10-24(13-31-15(2)27)34-22(23(21)35-24)20(33-17(4)29)12-30-11-18-8-6-5-7-9-18/h5-9,19-23H,10-13H2,1-4H3,(H,25,26)/t19-,20+,21+,22+,23+,24+/m0/s1. The summed E-state index contributed by atoms with van der Waals surface area (Å²) < 4.78 is 34.3. The van der Waals surface area contributed by atoms with E-state index in [2.05, 4.69) is 5.32 Å². The number of ether oxygens (including phenoxy) is 6. The predicted octanol–water partition coefficient (Wildman–Crippen LogP) is 1.02. The molecule has 2 bridgehead atoms. The minimum Gasteiger partial charge on any atom is -0.460 e. The molecule has 0 radical (unpaired) electrons. The first kappa shape index (κ1) is 26.6. The Balaban J connectivity index is 1.86. The van der Waals surface area contributed by atoms with Crippen LogP contribution in [-0.2, 0) is 54.2 Å². The highest BCUT2D eigenvalue weighted by atomic mass is 16.8. The summed E-state index contributed by atoms with van der Waals surface area (Å²) in [5, 5.41) is 2.76. The molecule has 1 aromatic rings. The lowest BCUT2D eigenvalue weighted by Gasteiger charge is -2.40. The molecule has 0 saturated carbocycles. The fourth-order valence-corrected chi connectivity index (χ4v) is 4.32. The van der Waals surface area contributed by atoms with Gasteiger partial charge in [0.05, 0.1) is 19.3 Å². The highest BCUT2D eigenvalue weighted by Gasteiger charge is 2.62. The molecule has 2 saturated heterocycles. The number of hydrogen-bond acceptors (Lipinski definition) is 10. The minimum atomic E-state index is -1.46. The maximum atomic E-state index is 12.0. The fraction of sp³-hybridized carbons (Fsp3) is 0.583. The van der Waals surface area contributed by atoms with E-state index in [4.69, 9.17) is 28.4 Å². The molecule has 0 unspecified atom stereocenters. The Morgan fingerprint density at radius 3 is 2.34 bits per heavy atom. The van der Waals surface area contributed by atoms with Crippen LogP contribution in [0.1, 0.15) is 39.7 Å². The number of hydrogen-bond donors (Lipinski definition) is 1. The van der Waals surface area contributed by atoms with Crippen molar-refractivity contribution in [3.63, 3.8) is 0 Å². The third-order valence-corrected chi connectivity index (χ3v) is 5.55. The lowest BCUT2D eigenvalue weighted by molar-refractivity contribution is -0.248. The summed E-state index contributed by atoms with van der Waals surface area (Å²) in [5.74, 6) is -3.52. The maximum Gasteiger partial charge on any atom is 0.303 e. The molecule has 3 rings (SSSR count). The van der Waals surface area contributed by atoms with Gasteiger partial charge in [-0.15, -0.1) is 0 Å². The topological polar surface area (TPSA) is 136 Å². The van der Waals surface area contributed by atoms with Crippen molar-refractivity contribution in [3.05, 3.63) is 35.9 Å². The molecule has 2 heterocycles. The van der Waals surface area contributed by atoms with Crippen LogP contribution in [0.25, 0.3) is 0 Å². The van der Waals surface area contributed by atoms with E-state index in [1.807, 2.05) is 30.3 Å². The van der Waals surface area contributed by atoms with Crippen LogP contribution in [0, 0.1) is 0 Å². The van der Waals surface area contributed by atoms with E-state index in [9.17, 15) is 19.2 Å². The zero-order chi connectivity index (χ0) is 25.6. The van der Waals surface area contributed by atoms with Gasteiger partial charge in [0.2, 0.25) is 11.7 Å². The first-order valence-electron chi connectivity index (χ1n) is 11.3. The summed E-state index contributed by atoms with van der Waals surface area (Å²) in [6.45, 7) is 5.02. The molecule has 192 valence electrons. The Kier molecular flexibility index (Phi) is 8.82. The van der Waals surface area contributed by atoms with Gasteiger partial charge in [-0.1, -0.05) is 30.3 Å². The molecule has 0 aliphatic carbocycles. The van der Waals surface area contributed by atoms with E-state index in [-0.39, 0.29) is 32.1 Å². The van der Waals surface area contributed by atoms with Crippen molar-refractivity contribution >= 4 is 23.8 Å². The fourth-order valence-electron chi connectivity index (χ4n) is 4.32. The second-order valence-electron chi connectivity index (χ2n) is 8.58. The van der Waals surface area contributed by atoms with E-state index < -0.39 is 54.2 Å². The van der Waals surface area contributed by atoms with Crippen LogP contribution in [0.5, 0.6) is 0 Å². The first-order valence-corrected chi connectivity index (χ1v) is 11.3. The highest BCUT2D eigenvalue weighted by Crippen LogP contribution is 2.43. The number of rotatable bonds is 10. The highest BCUT2D eigenvalue weighted by molar-refractivity contribution is 5.73. The number of carbonyl (C=O) groups is 4. The largest absolute Gasteiger partial charge is 0.460 e. The van der Waals surface area contributed by atoms with Crippen LogP contribution in [0.15, 0.2) is 30.3 Å². The summed E-state index contributed by atoms with van der Waals surface area (Å²) in [6, 6.07) is 8.64. The molecule has 11 nitrogen and oxygen atoms in total. The molecular formula is C24H31NO10. The normalized spacial score (nSPS) is 28.0. The average molecular weight is 494 g/mol. The number of esters is 3. The molecule has 0 aromatic heterocycles. The van der Waals surface area contributed by atoms with Crippen LogP contribution in [-0.4, -0.2) is 73.3 Å². The van der Waals surface area contributed by atoms with E-state index in [1.54, 1.807) is 0 Å². The molecule has 2 aliphatic rings. The van der Waals surface area contributed by atoms with E-state index >= 15 is 0 Å². The van der Waals surface area contributed by atoms with Crippen molar-refractivity contribution in [1.82, 2.24) is 5.32 Å². The van der Waals surface area contributed by atoms with Gasteiger partial charge >= 0.3 is 17.9 Å². The van der Waals surface area contributed by atoms with E-state index in [0.717, 1.165) is 5.56 Å². The zero-order valence-electron chi connectivity index (χ0n) is 20.2. The Bertz CT molecular complexity index is 922. The number of benzene rings is 1. The van der Waals surface area contributed by atoms with Gasteiger partial charge in [0.1, 0.15) is 24.9 Å². The quantitative estimate of drug-likeness (QED) is 0.372. The van der Waals surface area contributed by atoms with Gasteiger partial charge in [-0.05, 0) is 5.56 Å². The van der Waals surface area contributed by atoms with Crippen molar-refractivity contribution in [2.75, 3.05) is 13.2 Å².